The van der Waals surface area contributed by atoms with Crippen molar-refractivity contribution in [3.63, 3.8) is 0 Å². The Morgan fingerprint density at radius 2 is 2.11 bits per heavy atom. The molecule has 0 spiro atoms. The van der Waals surface area contributed by atoms with Crippen LogP contribution in [0.15, 0.2) is 0 Å². The van der Waals surface area contributed by atoms with Gasteiger partial charge in [-0.3, -0.25) is 4.79 Å². The molecule has 0 aliphatic carbocycles. The molecule has 0 rings (SSSR count). The van der Waals surface area contributed by atoms with E-state index < -0.39 is 24.2 Å². The maximum atomic E-state index is 10.6. The van der Waals surface area contributed by atoms with Gasteiger partial charge in [0.25, 0.3) is 5.78 Å². The van der Waals surface area contributed by atoms with Gasteiger partial charge in [-0.15, -0.1) is 0 Å². The van der Waals surface area contributed by atoms with Gasteiger partial charge in [0.2, 0.25) is 0 Å². The van der Waals surface area contributed by atoms with Crippen molar-refractivity contribution in [2.75, 3.05) is 0 Å². The van der Waals surface area contributed by atoms with E-state index in [4.69, 9.17) is 14.3 Å². The highest BCUT2D eigenvalue weighted by Gasteiger charge is 2.29. The lowest BCUT2D eigenvalue weighted by Gasteiger charge is -2.10. The van der Waals surface area contributed by atoms with Gasteiger partial charge in [-0.25, -0.2) is 4.79 Å². The van der Waals surface area contributed by atoms with Crippen molar-refractivity contribution in [1.82, 2.24) is 0 Å². The van der Waals surface area contributed by atoms with Crippen LogP contribution in [-0.2, 0) is 9.59 Å². The Bertz CT molecular complexity index is 217. The van der Waals surface area contributed by atoms with Crippen molar-refractivity contribution in [3.8, 4) is 0 Å². The molecule has 0 aromatic rings. The van der Waals surface area contributed by atoms with Crippen LogP contribution in [0, 0.1) is 0 Å². The predicted molar refractivity (Wildman–Crippen MR) is 28.9 cm³/mol. The SMILES string of the molecule is [2H]C([2H])([2H])C([13CH3])(O)C(=O)C(=O)O. The van der Waals surface area contributed by atoms with Gasteiger partial charge in [0, 0.05) is 4.11 Å². The van der Waals surface area contributed by atoms with Crippen molar-refractivity contribution in [2.45, 2.75) is 19.4 Å². The molecule has 1 atom stereocenters. The second-order valence-electron chi connectivity index (χ2n) is 1.71. The first-order valence-corrected chi connectivity index (χ1v) is 2.11. The molecule has 0 fully saturated rings. The number of Topliss-reactive ketones (excluding diaryl/α,β-unsaturated/α-hetero) is 1. The lowest BCUT2D eigenvalue weighted by molar-refractivity contribution is -0.156. The maximum absolute atomic E-state index is 10.6. The minimum absolute atomic E-state index is 0.649. The Hall–Kier alpha value is -0.900. The number of aliphatic carboxylic acids is 1. The van der Waals surface area contributed by atoms with E-state index in [1.54, 1.807) is 0 Å². The normalized spacial score (nSPS) is 22.7. The zero-order valence-electron chi connectivity index (χ0n) is 7.71. The van der Waals surface area contributed by atoms with E-state index in [-0.39, 0.29) is 0 Å². The molecule has 0 radical (unpaired) electrons. The predicted octanol–water partition coefficient (Wildman–Crippen LogP) is -0.589. The van der Waals surface area contributed by atoms with E-state index in [1.807, 2.05) is 0 Å². The quantitative estimate of drug-likeness (QED) is 0.393. The summed E-state index contributed by atoms with van der Waals surface area (Å²) in [4.78, 5) is 20.6. The van der Waals surface area contributed by atoms with Gasteiger partial charge < -0.3 is 10.2 Å². The first-order valence-electron chi connectivity index (χ1n) is 3.61. The lowest BCUT2D eigenvalue weighted by Crippen LogP contribution is -2.36. The second-order valence-corrected chi connectivity index (χ2v) is 1.71. The molecule has 0 heterocycles. The minimum atomic E-state index is -3.03. The molecule has 2 N–H and O–H groups in total. The largest absolute Gasteiger partial charge is 0.475 e. The van der Waals surface area contributed by atoms with Crippen LogP contribution in [0.3, 0.4) is 0 Å². The summed E-state index contributed by atoms with van der Waals surface area (Å²) in [5, 5.41) is 17.1. The fourth-order valence-corrected chi connectivity index (χ4v) is 0.208. The molecule has 0 aromatic heterocycles. The summed E-state index contributed by atoms with van der Waals surface area (Å²) in [6.07, 6.45) is 0. The van der Waals surface area contributed by atoms with Gasteiger partial charge >= 0.3 is 5.97 Å². The van der Waals surface area contributed by atoms with Gasteiger partial charge in [-0.1, -0.05) is 0 Å². The van der Waals surface area contributed by atoms with Gasteiger partial charge in [0.15, 0.2) is 0 Å². The number of ketones is 1. The summed E-state index contributed by atoms with van der Waals surface area (Å²) in [5.74, 6) is -3.70. The van der Waals surface area contributed by atoms with Crippen molar-refractivity contribution < 1.29 is 23.9 Å². The summed E-state index contributed by atoms with van der Waals surface area (Å²) in [6, 6.07) is 0. The molecular formula is C5H8O4. The Kier molecular flexibility index (Phi) is 0.954. The third-order valence-electron chi connectivity index (χ3n) is 0.636. The number of hydrogen-bond donors (Lipinski definition) is 2. The van der Waals surface area contributed by atoms with Gasteiger partial charge in [0.1, 0.15) is 5.60 Å². The fourth-order valence-electron chi connectivity index (χ4n) is 0.208. The van der Waals surface area contributed by atoms with Crippen LogP contribution in [-0.4, -0.2) is 27.6 Å². The van der Waals surface area contributed by atoms with Gasteiger partial charge in [-0.2, -0.15) is 0 Å². The number of carbonyl (C=O) groups is 2. The second kappa shape index (κ2) is 2.14. The zero-order valence-corrected chi connectivity index (χ0v) is 4.71. The van der Waals surface area contributed by atoms with Crippen molar-refractivity contribution in [2.24, 2.45) is 0 Å². The van der Waals surface area contributed by atoms with Crippen LogP contribution < -0.4 is 0 Å². The molecule has 0 amide bonds. The van der Waals surface area contributed by atoms with Crippen molar-refractivity contribution >= 4 is 11.8 Å². The van der Waals surface area contributed by atoms with E-state index in [1.165, 1.54) is 0 Å². The number of carboxylic acids is 1. The van der Waals surface area contributed by atoms with E-state index in [9.17, 15) is 9.59 Å². The number of hydrogen-bond acceptors (Lipinski definition) is 3. The lowest BCUT2D eigenvalue weighted by atomic mass is 10.1. The third kappa shape index (κ3) is 2.23. The number of carboxylic acid groups (broad SMARTS) is 1. The smallest absolute Gasteiger partial charge is 0.375 e. The molecule has 0 saturated heterocycles. The van der Waals surface area contributed by atoms with Crippen molar-refractivity contribution in [1.29, 1.82) is 0 Å². The standard InChI is InChI=1S/C5H8O4/c1-5(2,9)3(6)4(7)8/h9H,1-2H3,(H,7,8)/i1D3,2+1. The highest BCUT2D eigenvalue weighted by molar-refractivity contribution is 6.35. The van der Waals surface area contributed by atoms with E-state index in [0.717, 1.165) is 0 Å². The van der Waals surface area contributed by atoms with E-state index in [0.29, 0.717) is 6.92 Å². The van der Waals surface area contributed by atoms with Crippen LogP contribution in [0.25, 0.3) is 0 Å². The maximum Gasteiger partial charge on any atom is 0.375 e. The molecule has 1 unspecified atom stereocenters. The molecule has 9 heavy (non-hydrogen) atoms. The summed E-state index contributed by atoms with van der Waals surface area (Å²) in [5.41, 5.74) is -2.82. The summed E-state index contributed by atoms with van der Waals surface area (Å²) in [6.45, 7) is -2.38. The zero-order chi connectivity index (χ0) is 10.2. The van der Waals surface area contributed by atoms with Gasteiger partial charge in [-0.05, 0) is 13.8 Å². The number of aliphatic hydroxyl groups is 1. The minimum Gasteiger partial charge on any atom is -0.475 e. The molecule has 0 saturated carbocycles. The van der Waals surface area contributed by atoms with Crippen LogP contribution in [0.1, 0.15) is 17.9 Å². The number of carbonyl (C=O) groups excluding carboxylic acids is 1. The van der Waals surface area contributed by atoms with Crippen LogP contribution in [0.5, 0.6) is 0 Å². The Labute approximate surface area is 56.3 Å². The summed E-state index contributed by atoms with van der Waals surface area (Å²) >= 11 is 0. The average molecular weight is 136 g/mol. The van der Waals surface area contributed by atoms with E-state index in [2.05, 4.69) is 0 Å². The van der Waals surface area contributed by atoms with Crippen LogP contribution in [0.4, 0.5) is 0 Å². The molecule has 4 nitrogen and oxygen atoms in total. The first-order chi connectivity index (χ1) is 5.10. The Morgan fingerprint density at radius 1 is 1.67 bits per heavy atom. The monoisotopic (exact) mass is 136 g/mol. The molecule has 52 valence electrons. The average Bonchev–Trinajstić information content (AvgIpc) is 1.83. The highest BCUT2D eigenvalue weighted by Crippen LogP contribution is 2.01. The number of rotatable bonds is 2. The topological polar surface area (TPSA) is 74.6 Å². The molecule has 0 aliphatic heterocycles. The Balaban J connectivity index is 4.87. The first kappa shape index (κ1) is 4.00. The van der Waals surface area contributed by atoms with Gasteiger partial charge in [0.05, 0.1) is 0 Å². The fraction of sp³-hybridized carbons (Fsp3) is 0.600. The molecule has 4 heteroatoms. The molecule has 0 aliphatic rings. The van der Waals surface area contributed by atoms with E-state index >= 15 is 0 Å². The molecular weight excluding hydrogens is 125 g/mol. The van der Waals surface area contributed by atoms with Crippen LogP contribution in [0.2, 0.25) is 0 Å². The van der Waals surface area contributed by atoms with Crippen LogP contribution >= 0.6 is 0 Å². The molecule has 0 bridgehead atoms. The Morgan fingerprint density at radius 3 is 2.22 bits per heavy atom. The third-order valence-corrected chi connectivity index (χ3v) is 0.636. The summed E-state index contributed by atoms with van der Waals surface area (Å²) < 4.78 is 20.0. The van der Waals surface area contributed by atoms with Crippen molar-refractivity contribution in [3.05, 3.63) is 0 Å². The molecule has 0 aromatic carbocycles. The highest BCUT2D eigenvalue weighted by atomic mass is 16.4. The summed E-state index contributed by atoms with van der Waals surface area (Å²) in [7, 11) is 0.